The molecule has 1 saturated heterocycles. The number of rotatable bonds is 4. The number of benzene rings is 1. The van der Waals surface area contributed by atoms with Crippen molar-refractivity contribution in [3.8, 4) is 11.3 Å². The summed E-state index contributed by atoms with van der Waals surface area (Å²) in [5, 5.41) is 12.4. The molecule has 1 N–H and O–H groups in total. The molecular weight excluding hydrogens is 364 g/mol. The van der Waals surface area contributed by atoms with Crippen LogP contribution < -0.4 is 4.90 Å². The quantitative estimate of drug-likeness (QED) is 0.750. The van der Waals surface area contributed by atoms with Gasteiger partial charge in [0.25, 0.3) is 5.91 Å². The van der Waals surface area contributed by atoms with Crippen LogP contribution in [0.3, 0.4) is 0 Å². The van der Waals surface area contributed by atoms with Crippen molar-refractivity contribution in [3.63, 3.8) is 0 Å². The second-order valence-electron chi connectivity index (χ2n) is 6.46. The summed E-state index contributed by atoms with van der Waals surface area (Å²) in [6.07, 6.45) is 1.68. The SMILES string of the molecule is CCn1nccc1C(=O)N1CCN(c2cc(-c3ccc(Cl)cc3)[nH]n2)CC1. The Balaban J connectivity index is 1.41. The number of H-pyrrole nitrogens is 1. The molecule has 4 rings (SSSR count). The van der Waals surface area contributed by atoms with Gasteiger partial charge in [0.2, 0.25) is 0 Å². The van der Waals surface area contributed by atoms with Crippen molar-refractivity contribution in [1.82, 2.24) is 24.9 Å². The van der Waals surface area contributed by atoms with Crippen LogP contribution in [-0.4, -0.2) is 57.0 Å². The summed E-state index contributed by atoms with van der Waals surface area (Å²) in [5.74, 6) is 0.934. The van der Waals surface area contributed by atoms with E-state index in [-0.39, 0.29) is 5.91 Å². The smallest absolute Gasteiger partial charge is 0.272 e. The van der Waals surface area contributed by atoms with E-state index in [1.54, 1.807) is 16.9 Å². The van der Waals surface area contributed by atoms with Crippen molar-refractivity contribution in [3.05, 3.63) is 53.3 Å². The van der Waals surface area contributed by atoms with E-state index in [2.05, 4.69) is 20.2 Å². The molecular formula is C19H21ClN6O. The highest BCUT2D eigenvalue weighted by atomic mass is 35.5. The third kappa shape index (κ3) is 3.55. The lowest BCUT2D eigenvalue weighted by Crippen LogP contribution is -2.49. The van der Waals surface area contributed by atoms with Crippen molar-refractivity contribution in [1.29, 1.82) is 0 Å². The van der Waals surface area contributed by atoms with Gasteiger partial charge >= 0.3 is 0 Å². The maximum Gasteiger partial charge on any atom is 0.272 e. The zero-order chi connectivity index (χ0) is 18.8. The number of hydrogen-bond donors (Lipinski definition) is 1. The van der Waals surface area contributed by atoms with E-state index in [1.165, 1.54) is 0 Å². The number of aromatic nitrogens is 4. The van der Waals surface area contributed by atoms with Crippen LogP contribution in [0.1, 0.15) is 17.4 Å². The molecule has 27 heavy (non-hydrogen) atoms. The Labute approximate surface area is 162 Å². The molecule has 3 aromatic rings. The fourth-order valence-electron chi connectivity index (χ4n) is 3.32. The lowest BCUT2D eigenvalue weighted by atomic mass is 10.1. The highest BCUT2D eigenvalue weighted by Gasteiger charge is 2.25. The van der Waals surface area contributed by atoms with Gasteiger partial charge in [0.05, 0.1) is 5.69 Å². The summed E-state index contributed by atoms with van der Waals surface area (Å²) < 4.78 is 1.74. The second-order valence-corrected chi connectivity index (χ2v) is 6.89. The number of amides is 1. The Bertz CT molecular complexity index is 924. The van der Waals surface area contributed by atoms with Crippen molar-refractivity contribution >= 4 is 23.3 Å². The molecule has 2 aromatic heterocycles. The Hall–Kier alpha value is -2.80. The number of nitrogens with zero attached hydrogens (tertiary/aromatic N) is 5. The maximum absolute atomic E-state index is 12.7. The van der Waals surface area contributed by atoms with Gasteiger partial charge < -0.3 is 9.80 Å². The molecule has 1 aliphatic heterocycles. The minimum absolute atomic E-state index is 0.0397. The van der Waals surface area contributed by atoms with Gasteiger partial charge in [-0.2, -0.15) is 10.2 Å². The van der Waals surface area contributed by atoms with E-state index in [0.29, 0.717) is 30.4 Å². The van der Waals surface area contributed by atoms with Gasteiger partial charge in [0, 0.05) is 50.0 Å². The van der Waals surface area contributed by atoms with Crippen LogP contribution in [0.5, 0.6) is 0 Å². The van der Waals surface area contributed by atoms with Crippen LogP contribution in [0.2, 0.25) is 5.02 Å². The van der Waals surface area contributed by atoms with Crippen molar-refractivity contribution in [2.75, 3.05) is 31.1 Å². The first-order valence-corrected chi connectivity index (χ1v) is 9.41. The zero-order valence-corrected chi connectivity index (χ0v) is 15.9. The number of hydrogen-bond acceptors (Lipinski definition) is 4. The summed E-state index contributed by atoms with van der Waals surface area (Å²) in [6.45, 7) is 5.49. The fraction of sp³-hybridized carbons (Fsp3) is 0.316. The predicted molar refractivity (Wildman–Crippen MR) is 105 cm³/mol. The Morgan fingerprint density at radius 2 is 1.89 bits per heavy atom. The molecule has 0 atom stereocenters. The number of carbonyl (C=O) groups excluding carboxylic acids is 1. The van der Waals surface area contributed by atoms with Gasteiger partial charge in [-0.15, -0.1) is 0 Å². The monoisotopic (exact) mass is 384 g/mol. The number of aromatic amines is 1. The third-order valence-corrected chi connectivity index (χ3v) is 5.10. The molecule has 1 fully saturated rings. The number of piperazine rings is 1. The van der Waals surface area contributed by atoms with Crippen LogP contribution >= 0.6 is 11.6 Å². The summed E-state index contributed by atoms with van der Waals surface area (Å²) in [6, 6.07) is 11.5. The lowest BCUT2D eigenvalue weighted by molar-refractivity contribution is 0.0734. The largest absolute Gasteiger partial charge is 0.352 e. The molecule has 140 valence electrons. The summed E-state index contributed by atoms with van der Waals surface area (Å²) >= 11 is 5.95. The van der Waals surface area contributed by atoms with Gasteiger partial charge in [0.15, 0.2) is 5.82 Å². The summed E-state index contributed by atoms with van der Waals surface area (Å²) in [4.78, 5) is 16.8. The summed E-state index contributed by atoms with van der Waals surface area (Å²) in [7, 11) is 0. The third-order valence-electron chi connectivity index (χ3n) is 4.85. The van der Waals surface area contributed by atoms with E-state index in [4.69, 9.17) is 11.6 Å². The van der Waals surface area contributed by atoms with Gasteiger partial charge in [-0.25, -0.2) is 0 Å². The molecule has 1 aromatic carbocycles. The van der Waals surface area contributed by atoms with Gasteiger partial charge in [0.1, 0.15) is 5.69 Å². The molecule has 1 aliphatic rings. The van der Waals surface area contributed by atoms with E-state index >= 15 is 0 Å². The fourth-order valence-corrected chi connectivity index (χ4v) is 3.44. The van der Waals surface area contributed by atoms with E-state index in [1.807, 2.05) is 42.2 Å². The first-order valence-electron chi connectivity index (χ1n) is 9.03. The van der Waals surface area contributed by atoms with Crippen LogP contribution in [0, 0.1) is 0 Å². The van der Waals surface area contributed by atoms with Crippen LogP contribution in [0.4, 0.5) is 5.82 Å². The van der Waals surface area contributed by atoms with Crippen molar-refractivity contribution in [2.45, 2.75) is 13.5 Å². The minimum Gasteiger partial charge on any atom is -0.352 e. The molecule has 7 nitrogen and oxygen atoms in total. The molecule has 3 heterocycles. The zero-order valence-electron chi connectivity index (χ0n) is 15.1. The van der Waals surface area contributed by atoms with Crippen LogP contribution in [0.25, 0.3) is 11.3 Å². The molecule has 0 bridgehead atoms. The van der Waals surface area contributed by atoms with Gasteiger partial charge in [-0.3, -0.25) is 14.6 Å². The Morgan fingerprint density at radius 3 is 2.59 bits per heavy atom. The Morgan fingerprint density at radius 1 is 1.15 bits per heavy atom. The van der Waals surface area contributed by atoms with Gasteiger partial charge in [-0.05, 0) is 30.7 Å². The maximum atomic E-state index is 12.7. The number of halogens is 1. The first kappa shape index (κ1) is 17.6. The number of carbonyl (C=O) groups is 1. The minimum atomic E-state index is 0.0397. The number of aryl methyl sites for hydroxylation is 1. The molecule has 1 amide bonds. The summed E-state index contributed by atoms with van der Waals surface area (Å²) in [5.41, 5.74) is 2.64. The Kier molecular flexibility index (Phi) is 4.85. The predicted octanol–water partition coefficient (Wildman–Crippen LogP) is 2.91. The molecule has 0 spiro atoms. The number of nitrogens with one attached hydrogen (secondary N) is 1. The average molecular weight is 385 g/mol. The number of anilines is 1. The van der Waals surface area contributed by atoms with Crippen LogP contribution in [0.15, 0.2) is 42.6 Å². The highest BCUT2D eigenvalue weighted by molar-refractivity contribution is 6.30. The molecule has 0 radical (unpaired) electrons. The molecule has 0 saturated carbocycles. The molecule has 8 heteroatoms. The van der Waals surface area contributed by atoms with E-state index in [0.717, 1.165) is 30.2 Å². The van der Waals surface area contributed by atoms with Crippen molar-refractivity contribution in [2.24, 2.45) is 0 Å². The van der Waals surface area contributed by atoms with Gasteiger partial charge in [-0.1, -0.05) is 23.7 Å². The topological polar surface area (TPSA) is 70.1 Å². The van der Waals surface area contributed by atoms with E-state index < -0.39 is 0 Å². The highest BCUT2D eigenvalue weighted by Crippen LogP contribution is 2.24. The lowest BCUT2D eigenvalue weighted by Gasteiger charge is -2.34. The normalized spacial score (nSPS) is 14.6. The molecule has 0 aliphatic carbocycles. The van der Waals surface area contributed by atoms with Crippen molar-refractivity contribution < 1.29 is 4.79 Å². The van der Waals surface area contributed by atoms with Crippen LogP contribution in [-0.2, 0) is 6.54 Å². The molecule has 0 unspecified atom stereocenters. The first-order chi connectivity index (χ1) is 13.2. The van der Waals surface area contributed by atoms with E-state index in [9.17, 15) is 4.79 Å². The standard InChI is InChI=1S/C19H21ClN6O/c1-2-26-17(7-8-21-26)19(27)25-11-9-24(10-12-25)18-13-16(22-23-18)14-3-5-15(20)6-4-14/h3-8,13H,2,9-12H2,1H3,(H,22,23). The second kappa shape index (κ2) is 7.44. The average Bonchev–Trinajstić information content (AvgIpc) is 3.38.